The van der Waals surface area contributed by atoms with Gasteiger partial charge in [-0.15, -0.1) is 11.3 Å². The third-order valence-electron chi connectivity index (χ3n) is 5.03. The largest absolute Gasteiger partial charge is 0.462 e. The monoisotopic (exact) mass is 436 g/mol. The number of esters is 1. The van der Waals surface area contributed by atoms with Crippen LogP contribution in [0, 0.1) is 6.92 Å². The number of nitrogens with two attached hydrogens (primary N) is 1. The first kappa shape index (κ1) is 20.6. The van der Waals surface area contributed by atoms with Crippen molar-refractivity contribution in [1.29, 1.82) is 0 Å². The summed E-state index contributed by atoms with van der Waals surface area (Å²) in [7, 11) is 0. The summed E-state index contributed by atoms with van der Waals surface area (Å²) in [4.78, 5) is 38.1. The van der Waals surface area contributed by atoms with Crippen molar-refractivity contribution in [2.75, 3.05) is 11.9 Å². The van der Waals surface area contributed by atoms with Crippen molar-refractivity contribution in [3.8, 4) is 11.5 Å². The molecule has 0 fully saturated rings. The van der Waals surface area contributed by atoms with E-state index in [4.69, 9.17) is 15.2 Å². The maximum absolute atomic E-state index is 13.5. The van der Waals surface area contributed by atoms with Crippen molar-refractivity contribution >= 4 is 34.1 Å². The predicted octanol–water partition coefficient (Wildman–Crippen LogP) is 4.21. The Morgan fingerprint density at radius 3 is 2.19 bits per heavy atom. The number of carbonyl (C=O) groups excluding carboxylic acids is 3. The molecular formula is C23H20N2O5S. The van der Waals surface area contributed by atoms with Crippen molar-refractivity contribution in [2.24, 2.45) is 5.73 Å². The van der Waals surface area contributed by atoms with Gasteiger partial charge in [-0.3, -0.25) is 9.59 Å². The molecule has 0 atom stereocenters. The maximum Gasteiger partial charge on any atom is 0.348 e. The summed E-state index contributed by atoms with van der Waals surface area (Å²) in [5, 5.41) is 3.04. The Morgan fingerprint density at radius 2 is 1.65 bits per heavy atom. The van der Waals surface area contributed by atoms with E-state index in [-0.39, 0.29) is 28.0 Å². The number of anilines is 1. The van der Waals surface area contributed by atoms with Gasteiger partial charge in [0.25, 0.3) is 5.91 Å². The first-order valence-electron chi connectivity index (χ1n) is 9.69. The second-order valence-corrected chi connectivity index (χ2v) is 7.97. The lowest BCUT2D eigenvalue weighted by molar-refractivity contribution is -0.116. The zero-order chi connectivity index (χ0) is 22.1. The quantitative estimate of drug-likeness (QED) is 0.583. The number of amides is 2. The highest BCUT2D eigenvalue weighted by Crippen LogP contribution is 2.45. The minimum Gasteiger partial charge on any atom is -0.462 e. The number of nitrogens with one attached hydrogen (secondary N) is 1. The fraction of sp³-hybridized carbons (Fsp3) is 0.174. The zero-order valence-corrected chi connectivity index (χ0v) is 17.7. The van der Waals surface area contributed by atoms with Crippen LogP contribution in [-0.2, 0) is 9.53 Å². The van der Waals surface area contributed by atoms with Crippen LogP contribution in [-0.4, -0.2) is 24.4 Å². The van der Waals surface area contributed by atoms with Gasteiger partial charge in [-0.05, 0) is 31.5 Å². The van der Waals surface area contributed by atoms with Gasteiger partial charge in [0.2, 0.25) is 5.91 Å². The number of hydrogen-bond donors (Lipinski definition) is 2. The van der Waals surface area contributed by atoms with Crippen molar-refractivity contribution in [3.05, 3.63) is 75.7 Å². The molecule has 1 aliphatic heterocycles. The van der Waals surface area contributed by atoms with E-state index in [1.807, 2.05) is 36.4 Å². The molecule has 3 N–H and O–H groups in total. The van der Waals surface area contributed by atoms with E-state index < -0.39 is 17.8 Å². The van der Waals surface area contributed by atoms with Gasteiger partial charge in [0.05, 0.1) is 18.1 Å². The molecule has 2 amide bonds. The Hall–Kier alpha value is -3.65. The molecule has 0 spiro atoms. The number of hydrogen-bond acceptors (Lipinski definition) is 6. The topological polar surface area (TPSA) is 108 Å². The van der Waals surface area contributed by atoms with Crippen molar-refractivity contribution in [2.45, 2.75) is 19.8 Å². The molecule has 0 radical (unpaired) electrons. The van der Waals surface area contributed by atoms with Gasteiger partial charge in [0.1, 0.15) is 21.4 Å². The lowest BCUT2D eigenvalue weighted by Crippen LogP contribution is -2.26. The van der Waals surface area contributed by atoms with E-state index in [1.165, 1.54) is 0 Å². The van der Waals surface area contributed by atoms with E-state index in [0.29, 0.717) is 28.2 Å². The first-order valence-corrected chi connectivity index (χ1v) is 10.5. The molecule has 2 heterocycles. The molecule has 2 aromatic carbocycles. The molecular weight excluding hydrogens is 416 g/mol. The summed E-state index contributed by atoms with van der Waals surface area (Å²) in [6, 6.07) is 14.6. The fourth-order valence-electron chi connectivity index (χ4n) is 3.67. The van der Waals surface area contributed by atoms with Gasteiger partial charge in [0.15, 0.2) is 0 Å². The van der Waals surface area contributed by atoms with Crippen LogP contribution in [0.3, 0.4) is 0 Å². The van der Waals surface area contributed by atoms with Crippen LogP contribution >= 0.6 is 11.3 Å². The van der Waals surface area contributed by atoms with Crippen molar-refractivity contribution in [3.63, 3.8) is 0 Å². The van der Waals surface area contributed by atoms with E-state index in [0.717, 1.165) is 11.3 Å². The number of carbonyl (C=O) groups is 3. The van der Waals surface area contributed by atoms with E-state index in [9.17, 15) is 14.4 Å². The average Bonchev–Trinajstić information content (AvgIpc) is 3.07. The molecule has 158 valence electrons. The van der Waals surface area contributed by atoms with Crippen LogP contribution in [0.2, 0.25) is 0 Å². The number of primary amides is 1. The highest BCUT2D eigenvalue weighted by Gasteiger charge is 2.34. The molecule has 4 rings (SSSR count). The average molecular weight is 436 g/mol. The number of benzene rings is 2. The smallest absolute Gasteiger partial charge is 0.348 e. The predicted molar refractivity (Wildman–Crippen MR) is 117 cm³/mol. The second-order valence-electron chi connectivity index (χ2n) is 6.95. The van der Waals surface area contributed by atoms with Crippen LogP contribution in [0.4, 0.5) is 5.00 Å². The Bertz CT molecular complexity index is 1150. The normalized spacial score (nSPS) is 12.3. The van der Waals surface area contributed by atoms with Crippen LogP contribution in [0.25, 0.3) is 0 Å². The summed E-state index contributed by atoms with van der Waals surface area (Å²) < 4.78 is 11.0. The van der Waals surface area contributed by atoms with Gasteiger partial charge < -0.3 is 20.5 Å². The molecule has 0 unspecified atom stereocenters. The lowest BCUT2D eigenvalue weighted by atomic mass is 9.87. The highest BCUT2D eigenvalue weighted by atomic mass is 32.1. The number of ether oxygens (including phenoxy) is 2. The SMILES string of the molecule is CCOC(=O)c1sc(NC(=O)C2c3ccccc3Oc3ccccc32)c(C(N)=O)c1C. The van der Waals surface area contributed by atoms with Crippen molar-refractivity contribution < 1.29 is 23.9 Å². The molecule has 8 heteroatoms. The lowest BCUT2D eigenvalue weighted by Gasteiger charge is -2.27. The summed E-state index contributed by atoms with van der Waals surface area (Å²) in [6.45, 7) is 3.50. The minimum atomic E-state index is -0.729. The van der Waals surface area contributed by atoms with Crippen LogP contribution < -0.4 is 15.8 Å². The molecule has 7 nitrogen and oxygen atoms in total. The van der Waals surface area contributed by atoms with Gasteiger partial charge in [-0.1, -0.05) is 36.4 Å². The Balaban J connectivity index is 1.75. The summed E-state index contributed by atoms with van der Waals surface area (Å²) in [5.41, 5.74) is 7.46. The minimum absolute atomic E-state index is 0.107. The van der Waals surface area contributed by atoms with Gasteiger partial charge >= 0.3 is 5.97 Å². The van der Waals surface area contributed by atoms with Crippen LogP contribution in [0.5, 0.6) is 11.5 Å². The molecule has 0 bridgehead atoms. The van der Waals surface area contributed by atoms with E-state index >= 15 is 0 Å². The third-order valence-corrected chi connectivity index (χ3v) is 6.22. The van der Waals surface area contributed by atoms with Crippen LogP contribution in [0.15, 0.2) is 48.5 Å². The Kier molecular flexibility index (Phi) is 5.48. The standard InChI is InChI=1S/C23H20N2O5S/c1-3-29-23(28)19-12(2)17(20(24)26)22(31-19)25-21(27)18-13-8-4-6-10-15(13)30-16-11-7-5-9-14(16)18/h4-11,18H,3H2,1-2H3,(H2,24,26)(H,25,27). The Morgan fingerprint density at radius 1 is 1.06 bits per heavy atom. The maximum atomic E-state index is 13.5. The summed E-state index contributed by atoms with van der Waals surface area (Å²) >= 11 is 0.979. The number of rotatable bonds is 5. The molecule has 31 heavy (non-hydrogen) atoms. The third kappa shape index (κ3) is 3.66. The molecule has 1 aromatic heterocycles. The van der Waals surface area contributed by atoms with Crippen LogP contribution in [0.1, 0.15) is 49.6 Å². The Labute approximate surface area is 182 Å². The van der Waals surface area contributed by atoms with Gasteiger partial charge in [-0.25, -0.2) is 4.79 Å². The number of para-hydroxylation sites is 2. The fourth-order valence-corrected chi connectivity index (χ4v) is 4.77. The first-order chi connectivity index (χ1) is 14.9. The molecule has 0 aliphatic carbocycles. The summed E-state index contributed by atoms with van der Waals surface area (Å²) in [6.07, 6.45) is 0. The van der Waals surface area contributed by atoms with E-state index in [2.05, 4.69) is 5.32 Å². The molecule has 1 aliphatic rings. The molecule has 0 saturated carbocycles. The van der Waals surface area contributed by atoms with Gasteiger partial charge in [0, 0.05) is 11.1 Å². The van der Waals surface area contributed by atoms with Gasteiger partial charge in [-0.2, -0.15) is 0 Å². The summed E-state index contributed by atoms with van der Waals surface area (Å²) in [5.74, 6) is -1.13. The number of fused-ring (bicyclic) bond motifs is 2. The number of thiophene rings is 1. The molecule has 3 aromatic rings. The second kappa shape index (κ2) is 8.23. The highest BCUT2D eigenvalue weighted by molar-refractivity contribution is 7.18. The molecule has 0 saturated heterocycles. The van der Waals surface area contributed by atoms with Crippen molar-refractivity contribution in [1.82, 2.24) is 0 Å². The van der Waals surface area contributed by atoms with E-state index in [1.54, 1.807) is 26.0 Å². The zero-order valence-electron chi connectivity index (χ0n) is 16.9.